The van der Waals surface area contributed by atoms with Crippen LogP contribution in [0.1, 0.15) is 29.8 Å². The lowest BCUT2D eigenvalue weighted by Gasteiger charge is -2.28. The Morgan fingerprint density at radius 1 is 1.00 bits per heavy atom. The van der Waals surface area contributed by atoms with Crippen molar-refractivity contribution in [3.05, 3.63) is 64.4 Å². The van der Waals surface area contributed by atoms with E-state index in [-0.39, 0.29) is 11.1 Å². The van der Waals surface area contributed by atoms with Gasteiger partial charge in [0.05, 0.1) is 5.52 Å². The molecule has 0 aliphatic carbocycles. The Hall–Kier alpha value is -3.15. The van der Waals surface area contributed by atoms with E-state index in [1.54, 1.807) is 23.9 Å². The van der Waals surface area contributed by atoms with Crippen LogP contribution in [0.15, 0.2) is 53.3 Å². The fourth-order valence-electron chi connectivity index (χ4n) is 3.57. The van der Waals surface area contributed by atoms with Crippen molar-refractivity contribution in [3.8, 4) is 0 Å². The molecule has 0 bridgehead atoms. The molecule has 2 aromatic carbocycles. The number of para-hydroxylation sites is 1. The first-order valence-corrected chi connectivity index (χ1v) is 9.26. The maximum Gasteiger partial charge on any atom is 0.280 e. The van der Waals surface area contributed by atoms with Crippen molar-refractivity contribution >= 4 is 28.2 Å². The molecule has 1 aliphatic rings. The minimum absolute atomic E-state index is 0.101. The van der Waals surface area contributed by atoms with Crippen LogP contribution >= 0.6 is 0 Å². The fourth-order valence-corrected chi connectivity index (χ4v) is 3.57. The highest BCUT2D eigenvalue weighted by Crippen LogP contribution is 2.22. The summed E-state index contributed by atoms with van der Waals surface area (Å²) in [5, 5.41) is 7.45. The summed E-state index contributed by atoms with van der Waals surface area (Å²) in [4.78, 5) is 27.6. The Balaban J connectivity index is 1.56. The summed E-state index contributed by atoms with van der Waals surface area (Å²) < 4.78 is 1.56. The van der Waals surface area contributed by atoms with Crippen LogP contribution in [0.2, 0.25) is 0 Å². The van der Waals surface area contributed by atoms with Gasteiger partial charge in [-0.25, -0.2) is 0 Å². The molecule has 0 atom stereocenters. The molecule has 0 spiro atoms. The van der Waals surface area contributed by atoms with Crippen LogP contribution in [0, 0.1) is 0 Å². The Morgan fingerprint density at radius 3 is 2.44 bits per heavy atom. The van der Waals surface area contributed by atoms with Gasteiger partial charge in [0.15, 0.2) is 5.69 Å². The van der Waals surface area contributed by atoms with E-state index in [1.807, 2.05) is 36.4 Å². The van der Waals surface area contributed by atoms with Gasteiger partial charge in [-0.1, -0.05) is 12.1 Å². The van der Waals surface area contributed by atoms with E-state index in [0.717, 1.165) is 18.8 Å². The topological polar surface area (TPSA) is 67.2 Å². The van der Waals surface area contributed by atoms with Gasteiger partial charge in [-0.15, -0.1) is 0 Å². The summed E-state index contributed by atoms with van der Waals surface area (Å²) >= 11 is 0. The van der Waals surface area contributed by atoms with Crippen LogP contribution in [0.25, 0.3) is 10.9 Å². The van der Waals surface area contributed by atoms with Crippen LogP contribution < -0.4 is 15.6 Å². The number of piperidine rings is 1. The van der Waals surface area contributed by atoms with Gasteiger partial charge >= 0.3 is 0 Å². The van der Waals surface area contributed by atoms with Gasteiger partial charge in [-0.3, -0.25) is 14.3 Å². The van der Waals surface area contributed by atoms with E-state index in [0.29, 0.717) is 16.6 Å². The second-order valence-corrected chi connectivity index (χ2v) is 6.87. The first kappa shape index (κ1) is 17.3. The van der Waals surface area contributed by atoms with Crippen molar-refractivity contribution in [2.75, 3.05) is 23.3 Å². The molecule has 0 radical (unpaired) electrons. The quantitative estimate of drug-likeness (QED) is 0.777. The molecule has 4 rings (SSSR count). The van der Waals surface area contributed by atoms with Gasteiger partial charge in [0.1, 0.15) is 0 Å². The smallest absolute Gasteiger partial charge is 0.280 e. The molecule has 0 saturated carbocycles. The lowest BCUT2D eigenvalue weighted by atomic mass is 10.1. The zero-order valence-corrected chi connectivity index (χ0v) is 15.3. The number of benzene rings is 2. The maximum atomic E-state index is 12.6. The number of hydrogen-bond donors (Lipinski definition) is 1. The summed E-state index contributed by atoms with van der Waals surface area (Å²) in [7, 11) is 1.73. The van der Waals surface area contributed by atoms with Crippen molar-refractivity contribution in [2.45, 2.75) is 19.3 Å². The molecular formula is C21H22N4O2. The minimum atomic E-state index is -0.493. The van der Waals surface area contributed by atoms with Gasteiger partial charge in [0.2, 0.25) is 5.43 Å². The number of nitrogens with one attached hydrogen (secondary N) is 1. The Labute approximate surface area is 157 Å². The molecule has 1 amide bonds. The summed E-state index contributed by atoms with van der Waals surface area (Å²) in [5.74, 6) is -0.493. The highest BCUT2D eigenvalue weighted by atomic mass is 16.2. The standard InChI is InChI=1S/C21H22N4O2/c1-24-18-8-4-3-7-17(18)20(26)19(23-24)21(27)22-15-9-11-16(12-10-15)25-13-5-2-6-14-25/h3-4,7-12H,2,5-6,13-14H2,1H3,(H,22,27). The molecule has 1 aromatic heterocycles. The lowest BCUT2D eigenvalue weighted by Crippen LogP contribution is -2.29. The lowest BCUT2D eigenvalue weighted by molar-refractivity contribution is 0.101. The molecule has 1 aliphatic heterocycles. The van der Waals surface area contributed by atoms with E-state index >= 15 is 0 Å². The Bertz CT molecular complexity index is 1030. The highest BCUT2D eigenvalue weighted by molar-refractivity contribution is 6.04. The van der Waals surface area contributed by atoms with Gasteiger partial charge in [-0.2, -0.15) is 5.10 Å². The van der Waals surface area contributed by atoms with E-state index in [2.05, 4.69) is 15.3 Å². The molecule has 1 saturated heterocycles. The molecule has 2 heterocycles. The number of anilines is 2. The largest absolute Gasteiger partial charge is 0.372 e. The minimum Gasteiger partial charge on any atom is -0.372 e. The molecule has 0 unspecified atom stereocenters. The molecular weight excluding hydrogens is 340 g/mol. The molecule has 27 heavy (non-hydrogen) atoms. The third-order valence-electron chi connectivity index (χ3n) is 5.02. The monoisotopic (exact) mass is 362 g/mol. The summed E-state index contributed by atoms with van der Waals surface area (Å²) in [6.45, 7) is 2.14. The van der Waals surface area contributed by atoms with Gasteiger partial charge in [-0.05, 0) is 55.7 Å². The molecule has 1 N–H and O–H groups in total. The number of nitrogens with zero attached hydrogens (tertiary/aromatic N) is 3. The van der Waals surface area contributed by atoms with Crippen molar-refractivity contribution in [1.29, 1.82) is 0 Å². The molecule has 1 fully saturated rings. The normalized spacial score (nSPS) is 14.3. The van der Waals surface area contributed by atoms with Crippen molar-refractivity contribution in [1.82, 2.24) is 9.78 Å². The second-order valence-electron chi connectivity index (χ2n) is 6.87. The van der Waals surface area contributed by atoms with Crippen molar-refractivity contribution in [2.24, 2.45) is 7.05 Å². The number of fused-ring (bicyclic) bond motifs is 1. The number of hydrogen-bond acceptors (Lipinski definition) is 4. The van der Waals surface area contributed by atoms with Crippen LogP contribution in [0.5, 0.6) is 0 Å². The van der Waals surface area contributed by atoms with E-state index < -0.39 is 5.91 Å². The van der Waals surface area contributed by atoms with Gasteiger partial charge < -0.3 is 10.2 Å². The molecule has 6 heteroatoms. The third kappa shape index (κ3) is 3.43. The van der Waals surface area contributed by atoms with Crippen LogP contribution in [-0.4, -0.2) is 28.8 Å². The predicted molar refractivity (Wildman–Crippen MR) is 107 cm³/mol. The third-order valence-corrected chi connectivity index (χ3v) is 5.02. The first-order valence-electron chi connectivity index (χ1n) is 9.26. The Kier molecular flexibility index (Phi) is 4.62. The van der Waals surface area contributed by atoms with Gasteiger partial charge in [0, 0.05) is 36.9 Å². The maximum absolute atomic E-state index is 12.6. The van der Waals surface area contributed by atoms with E-state index in [1.165, 1.54) is 19.3 Å². The number of rotatable bonds is 3. The van der Waals surface area contributed by atoms with E-state index in [9.17, 15) is 9.59 Å². The number of amides is 1. The SMILES string of the molecule is Cn1nc(C(=O)Nc2ccc(N3CCCCC3)cc2)c(=O)c2ccccc21. The van der Waals surface area contributed by atoms with E-state index in [4.69, 9.17) is 0 Å². The highest BCUT2D eigenvalue weighted by Gasteiger charge is 2.17. The zero-order valence-electron chi connectivity index (χ0n) is 15.3. The number of carbonyl (C=O) groups is 1. The molecule has 6 nitrogen and oxygen atoms in total. The zero-order chi connectivity index (χ0) is 18.8. The Morgan fingerprint density at radius 2 is 1.70 bits per heavy atom. The number of carbonyl (C=O) groups excluding carboxylic acids is 1. The predicted octanol–water partition coefficient (Wildman–Crippen LogP) is 3.18. The molecule has 138 valence electrons. The van der Waals surface area contributed by atoms with Gasteiger partial charge in [0.25, 0.3) is 5.91 Å². The summed E-state index contributed by atoms with van der Waals surface area (Å²) in [6.07, 6.45) is 3.73. The summed E-state index contributed by atoms with van der Waals surface area (Å²) in [6, 6.07) is 14.9. The number of aryl methyl sites for hydroxylation is 1. The fraction of sp³-hybridized carbons (Fsp3) is 0.286. The van der Waals surface area contributed by atoms with Crippen molar-refractivity contribution < 1.29 is 4.79 Å². The number of aromatic nitrogens is 2. The second kappa shape index (κ2) is 7.23. The first-order chi connectivity index (χ1) is 13.1. The average Bonchev–Trinajstić information content (AvgIpc) is 2.72. The van der Waals surface area contributed by atoms with Crippen LogP contribution in [0.4, 0.5) is 11.4 Å². The average molecular weight is 362 g/mol. The summed E-state index contributed by atoms with van der Waals surface area (Å²) in [5.41, 5.74) is 2.05. The van der Waals surface area contributed by atoms with Crippen LogP contribution in [-0.2, 0) is 7.05 Å². The molecule has 3 aromatic rings. The van der Waals surface area contributed by atoms with Crippen molar-refractivity contribution in [3.63, 3.8) is 0 Å². The van der Waals surface area contributed by atoms with Crippen LogP contribution in [0.3, 0.4) is 0 Å².